The van der Waals surface area contributed by atoms with Crippen LogP contribution in [0.4, 0.5) is 5.13 Å². The summed E-state index contributed by atoms with van der Waals surface area (Å²) in [6, 6.07) is 12.9. The second kappa shape index (κ2) is 9.05. The molecule has 0 aliphatic carbocycles. The van der Waals surface area contributed by atoms with Crippen molar-refractivity contribution in [2.24, 2.45) is 0 Å². The summed E-state index contributed by atoms with van der Waals surface area (Å²) in [5, 5.41) is 13.1. The SMILES string of the molecule is COc1ccc(OC)c([C@H]2C(C(=O)c3cccs3)=C(O)C(=O)N2c2nc3ccc(OC)cc3s2)c1. The van der Waals surface area contributed by atoms with E-state index in [1.54, 1.807) is 55.0 Å². The average Bonchev–Trinajstić information content (AvgIpc) is 3.61. The lowest BCUT2D eigenvalue weighted by atomic mass is 9.94. The fourth-order valence-corrected chi connectivity index (χ4v) is 5.74. The lowest BCUT2D eigenvalue weighted by Crippen LogP contribution is -2.31. The summed E-state index contributed by atoms with van der Waals surface area (Å²) >= 11 is 2.49. The summed E-state index contributed by atoms with van der Waals surface area (Å²) in [6.07, 6.45) is 0. The Kier molecular flexibility index (Phi) is 5.91. The van der Waals surface area contributed by atoms with Crippen molar-refractivity contribution in [2.45, 2.75) is 6.04 Å². The van der Waals surface area contributed by atoms with Crippen LogP contribution >= 0.6 is 22.7 Å². The predicted octanol–water partition coefficient (Wildman–Crippen LogP) is 5.17. The Hall–Kier alpha value is -3.89. The van der Waals surface area contributed by atoms with Crippen LogP contribution in [-0.4, -0.2) is 43.1 Å². The van der Waals surface area contributed by atoms with E-state index in [0.29, 0.717) is 38.3 Å². The van der Waals surface area contributed by atoms with E-state index in [4.69, 9.17) is 14.2 Å². The number of aliphatic hydroxyl groups is 1. The molecule has 3 heterocycles. The first-order chi connectivity index (χ1) is 17.0. The van der Waals surface area contributed by atoms with Gasteiger partial charge in [0, 0.05) is 5.56 Å². The van der Waals surface area contributed by atoms with Gasteiger partial charge in [0.1, 0.15) is 23.3 Å². The standard InChI is InChI=1S/C25H20N2O6S2/c1-31-13-7-9-17(33-3)15(11-13)21-20(22(28)18-5-4-10-34-18)23(29)24(30)27(21)25-26-16-8-6-14(32-2)12-19(16)35-25/h4-12,21,29H,1-3H3/t21-/m0/s1. The van der Waals surface area contributed by atoms with E-state index in [1.807, 2.05) is 6.07 Å². The third-order valence-corrected chi connectivity index (χ3v) is 7.61. The van der Waals surface area contributed by atoms with E-state index in [2.05, 4.69) is 4.98 Å². The zero-order valence-electron chi connectivity index (χ0n) is 19.0. The van der Waals surface area contributed by atoms with Crippen LogP contribution in [0.1, 0.15) is 21.3 Å². The zero-order valence-corrected chi connectivity index (χ0v) is 20.6. The van der Waals surface area contributed by atoms with E-state index in [1.165, 1.54) is 41.8 Å². The smallest absolute Gasteiger partial charge is 0.296 e. The highest BCUT2D eigenvalue weighted by atomic mass is 32.1. The van der Waals surface area contributed by atoms with E-state index < -0.39 is 23.5 Å². The molecule has 35 heavy (non-hydrogen) atoms. The Labute approximate surface area is 208 Å². The molecule has 0 fully saturated rings. The fraction of sp³-hybridized carbons (Fsp3) is 0.160. The number of amides is 1. The van der Waals surface area contributed by atoms with Gasteiger partial charge in [0.15, 0.2) is 10.9 Å². The molecule has 0 unspecified atom stereocenters. The number of hydrogen-bond acceptors (Lipinski definition) is 9. The third kappa shape index (κ3) is 3.80. The van der Waals surface area contributed by atoms with Crippen LogP contribution in [0.5, 0.6) is 17.2 Å². The molecule has 178 valence electrons. The van der Waals surface area contributed by atoms with Crippen molar-refractivity contribution < 1.29 is 28.9 Å². The maximum absolute atomic E-state index is 13.5. The lowest BCUT2D eigenvalue weighted by molar-refractivity contribution is -0.117. The molecule has 0 saturated heterocycles. The molecule has 1 amide bonds. The molecule has 0 radical (unpaired) electrons. The molecular weight excluding hydrogens is 488 g/mol. The molecule has 1 aliphatic heterocycles. The largest absolute Gasteiger partial charge is 0.503 e. The summed E-state index contributed by atoms with van der Waals surface area (Å²) in [4.78, 5) is 33.4. The van der Waals surface area contributed by atoms with Crippen molar-refractivity contribution in [2.75, 3.05) is 26.2 Å². The minimum absolute atomic E-state index is 0.0409. The number of methoxy groups -OCH3 is 3. The fourth-order valence-electron chi connectivity index (χ4n) is 4.05. The molecule has 1 atom stereocenters. The number of aliphatic hydroxyl groups excluding tert-OH is 1. The summed E-state index contributed by atoms with van der Waals surface area (Å²) < 4.78 is 17.1. The first kappa shape index (κ1) is 22.9. The molecule has 0 bridgehead atoms. The molecule has 0 spiro atoms. The Balaban J connectivity index is 1.73. The summed E-state index contributed by atoms with van der Waals surface area (Å²) in [5.41, 5.74) is 1.11. The van der Waals surface area contributed by atoms with Crippen LogP contribution in [0.2, 0.25) is 0 Å². The van der Waals surface area contributed by atoms with Gasteiger partial charge < -0.3 is 19.3 Å². The lowest BCUT2D eigenvalue weighted by Gasteiger charge is -2.26. The molecule has 8 nitrogen and oxygen atoms in total. The minimum atomic E-state index is -0.982. The van der Waals surface area contributed by atoms with Crippen LogP contribution in [0.3, 0.4) is 0 Å². The van der Waals surface area contributed by atoms with Crippen LogP contribution in [-0.2, 0) is 4.79 Å². The van der Waals surface area contributed by atoms with Gasteiger partial charge in [-0.05, 0) is 47.8 Å². The van der Waals surface area contributed by atoms with Gasteiger partial charge in [-0.15, -0.1) is 11.3 Å². The topological polar surface area (TPSA) is 98.2 Å². The molecule has 1 aliphatic rings. The van der Waals surface area contributed by atoms with Gasteiger partial charge in [0.25, 0.3) is 5.91 Å². The third-order valence-electron chi connectivity index (χ3n) is 5.72. The number of thiophene rings is 1. The first-order valence-corrected chi connectivity index (χ1v) is 12.2. The highest BCUT2D eigenvalue weighted by molar-refractivity contribution is 7.22. The van der Waals surface area contributed by atoms with Gasteiger partial charge in [0.2, 0.25) is 5.78 Å². The summed E-state index contributed by atoms with van der Waals surface area (Å²) in [6.45, 7) is 0. The van der Waals surface area contributed by atoms with Gasteiger partial charge in [-0.2, -0.15) is 0 Å². The Bertz CT molecular complexity index is 1470. The second-order valence-corrected chi connectivity index (χ2v) is 9.54. The number of nitrogens with zero attached hydrogens (tertiary/aromatic N) is 2. The molecule has 4 aromatic rings. The van der Waals surface area contributed by atoms with Crippen molar-refractivity contribution in [3.63, 3.8) is 0 Å². The van der Waals surface area contributed by atoms with Crippen molar-refractivity contribution >= 4 is 49.7 Å². The van der Waals surface area contributed by atoms with Crippen molar-refractivity contribution in [3.8, 4) is 17.2 Å². The minimum Gasteiger partial charge on any atom is -0.503 e. The Morgan fingerprint density at radius 2 is 1.77 bits per heavy atom. The molecule has 2 aromatic heterocycles. The number of Topliss-reactive ketones (excluding diaryl/α,β-unsaturated/α-hetero) is 1. The van der Waals surface area contributed by atoms with Crippen molar-refractivity contribution in [1.82, 2.24) is 4.98 Å². The van der Waals surface area contributed by atoms with E-state index in [-0.39, 0.29) is 5.57 Å². The maximum Gasteiger partial charge on any atom is 0.296 e. The van der Waals surface area contributed by atoms with Crippen LogP contribution < -0.4 is 19.1 Å². The van der Waals surface area contributed by atoms with Gasteiger partial charge in [0.05, 0.1) is 42.0 Å². The normalized spacial score (nSPS) is 15.7. The number of benzene rings is 2. The van der Waals surface area contributed by atoms with Crippen molar-refractivity contribution in [1.29, 1.82) is 0 Å². The molecule has 10 heteroatoms. The number of ether oxygens (including phenoxy) is 3. The number of thiazole rings is 1. The zero-order chi connectivity index (χ0) is 24.7. The molecule has 0 saturated carbocycles. The quantitative estimate of drug-likeness (QED) is 0.344. The number of carbonyl (C=O) groups excluding carboxylic acids is 2. The second-order valence-electron chi connectivity index (χ2n) is 7.58. The number of ketones is 1. The molecular formula is C25H20N2O6S2. The summed E-state index contributed by atoms with van der Waals surface area (Å²) in [5.74, 6) is -0.174. The van der Waals surface area contributed by atoms with Crippen LogP contribution in [0.25, 0.3) is 10.2 Å². The van der Waals surface area contributed by atoms with Crippen LogP contribution in [0, 0.1) is 0 Å². The highest BCUT2D eigenvalue weighted by Crippen LogP contribution is 2.47. The van der Waals surface area contributed by atoms with Crippen molar-refractivity contribution in [3.05, 3.63) is 75.7 Å². The Morgan fingerprint density at radius 1 is 1.03 bits per heavy atom. The molecule has 2 aromatic carbocycles. The van der Waals surface area contributed by atoms with E-state index in [9.17, 15) is 14.7 Å². The summed E-state index contributed by atoms with van der Waals surface area (Å²) in [7, 11) is 4.60. The average molecular weight is 509 g/mol. The monoisotopic (exact) mass is 508 g/mol. The van der Waals surface area contributed by atoms with Gasteiger partial charge in [-0.3, -0.25) is 14.5 Å². The number of aromatic nitrogens is 1. The Morgan fingerprint density at radius 3 is 2.46 bits per heavy atom. The molecule has 1 N–H and O–H groups in total. The van der Waals surface area contributed by atoms with Gasteiger partial charge >= 0.3 is 0 Å². The van der Waals surface area contributed by atoms with E-state index in [0.717, 1.165) is 4.70 Å². The van der Waals surface area contributed by atoms with Gasteiger partial charge in [-0.25, -0.2) is 4.98 Å². The number of hydrogen-bond donors (Lipinski definition) is 1. The number of anilines is 1. The first-order valence-electron chi connectivity index (χ1n) is 10.5. The predicted molar refractivity (Wildman–Crippen MR) is 134 cm³/mol. The highest BCUT2D eigenvalue weighted by Gasteiger charge is 2.47. The molecule has 5 rings (SSSR count). The number of fused-ring (bicyclic) bond motifs is 1. The van der Waals surface area contributed by atoms with Crippen LogP contribution in [0.15, 0.2) is 65.2 Å². The van der Waals surface area contributed by atoms with Gasteiger partial charge in [-0.1, -0.05) is 17.4 Å². The van der Waals surface area contributed by atoms with E-state index >= 15 is 0 Å². The number of carbonyl (C=O) groups is 2. The number of rotatable bonds is 7. The maximum atomic E-state index is 13.5.